The minimum absolute atomic E-state index is 0.145. The molecule has 0 aliphatic carbocycles. The molecule has 0 unspecified atom stereocenters. The van der Waals surface area contributed by atoms with Crippen molar-refractivity contribution >= 4 is 5.95 Å². The fourth-order valence-electron chi connectivity index (χ4n) is 1.66. The Morgan fingerprint density at radius 2 is 1.72 bits per heavy atom. The maximum Gasteiger partial charge on any atom is 0.223 e. The summed E-state index contributed by atoms with van der Waals surface area (Å²) in [5, 5.41) is 2.88. The molecule has 3 nitrogen and oxygen atoms in total. The van der Waals surface area contributed by atoms with E-state index in [1.807, 2.05) is 19.9 Å². The van der Waals surface area contributed by atoms with E-state index in [1.54, 1.807) is 0 Å². The second-order valence-electron chi connectivity index (χ2n) is 4.06. The van der Waals surface area contributed by atoms with Gasteiger partial charge in [0.2, 0.25) is 5.95 Å². The number of hydrogen-bond donors (Lipinski definition) is 1. The topological polar surface area (TPSA) is 37.8 Å². The molecule has 2 rings (SSSR count). The average molecular weight is 249 g/mol. The van der Waals surface area contributed by atoms with Crippen molar-refractivity contribution in [3.05, 3.63) is 52.9 Å². The highest BCUT2D eigenvalue weighted by molar-refractivity contribution is 5.30. The van der Waals surface area contributed by atoms with Gasteiger partial charge >= 0.3 is 0 Å². The molecule has 1 aromatic carbocycles. The van der Waals surface area contributed by atoms with Crippen LogP contribution in [0.1, 0.15) is 17.0 Å². The van der Waals surface area contributed by atoms with Gasteiger partial charge in [-0.1, -0.05) is 0 Å². The summed E-state index contributed by atoms with van der Waals surface area (Å²) in [6, 6.07) is 5.19. The van der Waals surface area contributed by atoms with Crippen molar-refractivity contribution in [3.8, 4) is 0 Å². The molecule has 0 spiro atoms. The molecule has 0 saturated heterocycles. The van der Waals surface area contributed by atoms with Crippen molar-refractivity contribution in [1.82, 2.24) is 9.97 Å². The molecule has 0 amide bonds. The molecule has 0 aliphatic heterocycles. The molecule has 0 aliphatic rings. The van der Waals surface area contributed by atoms with E-state index < -0.39 is 11.6 Å². The van der Waals surface area contributed by atoms with Gasteiger partial charge in [0, 0.05) is 23.5 Å². The molecule has 0 fully saturated rings. The third-order valence-corrected chi connectivity index (χ3v) is 2.43. The van der Waals surface area contributed by atoms with E-state index in [2.05, 4.69) is 15.3 Å². The lowest BCUT2D eigenvalue weighted by Crippen LogP contribution is -2.07. The zero-order valence-electron chi connectivity index (χ0n) is 10.2. The van der Waals surface area contributed by atoms with Crippen LogP contribution in [0.3, 0.4) is 0 Å². The van der Waals surface area contributed by atoms with Crippen LogP contribution in [0.25, 0.3) is 0 Å². The average Bonchev–Trinajstić information content (AvgIpc) is 2.29. The molecule has 1 heterocycles. The number of aromatic nitrogens is 2. The van der Waals surface area contributed by atoms with Crippen LogP contribution in [0, 0.1) is 25.5 Å². The summed E-state index contributed by atoms with van der Waals surface area (Å²) in [5.41, 5.74) is 1.90. The molecule has 1 N–H and O–H groups in total. The van der Waals surface area contributed by atoms with E-state index in [1.165, 1.54) is 0 Å². The number of nitrogens with zero attached hydrogens (tertiary/aromatic N) is 2. The second-order valence-corrected chi connectivity index (χ2v) is 4.06. The minimum Gasteiger partial charge on any atom is -0.350 e. The van der Waals surface area contributed by atoms with Gasteiger partial charge < -0.3 is 5.32 Å². The van der Waals surface area contributed by atoms with Crippen LogP contribution in [0.15, 0.2) is 24.3 Å². The number of halogens is 2. The molecule has 0 bridgehead atoms. The first kappa shape index (κ1) is 12.4. The Morgan fingerprint density at radius 1 is 1.06 bits per heavy atom. The quantitative estimate of drug-likeness (QED) is 0.908. The molecule has 0 atom stereocenters. The zero-order valence-corrected chi connectivity index (χ0v) is 10.2. The molecule has 0 saturated carbocycles. The van der Waals surface area contributed by atoms with E-state index in [0.717, 1.165) is 29.6 Å². The number of hydrogen-bond acceptors (Lipinski definition) is 3. The smallest absolute Gasteiger partial charge is 0.223 e. The summed E-state index contributed by atoms with van der Waals surface area (Å²) in [6.45, 7) is 3.84. The maximum atomic E-state index is 13.4. The molecular formula is C13H13F2N3. The summed E-state index contributed by atoms with van der Waals surface area (Å²) in [6.07, 6.45) is 0. The molecule has 1 aromatic heterocycles. The predicted octanol–water partition coefficient (Wildman–Crippen LogP) is 2.98. The monoisotopic (exact) mass is 249 g/mol. The summed E-state index contributed by atoms with van der Waals surface area (Å²) in [4.78, 5) is 8.33. The Balaban J connectivity index is 2.13. The highest BCUT2D eigenvalue weighted by Crippen LogP contribution is 2.11. The van der Waals surface area contributed by atoms with Crippen molar-refractivity contribution in [2.45, 2.75) is 20.4 Å². The Hall–Kier alpha value is -2.04. The summed E-state index contributed by atoms with van der Waals surface area (Å²) >= 11 is 0. The van der Waals surface area contributed by atoms with E-state index >= 15 is 0 Å². The Bertz CT molecular complexity index is 550. The molecule has 5 heteroatoms. The normalized spacial score (nSPS) is 10.4. The van der Waals surface area contributed by atoms with Crippen molar-refractivity contribution < 1.29 is 8.78 Å². The molecule has 0 radical (unpaired) electrons. The first-order valence-corrected chi connectivity index (χ1v) is 5.54. The second kappa shape index (κ2) is 5.08. The lowest BCUT2D eigenvalue weighted by Gasteiger charge is -2.07. The van der Waals surface area contributed by atoms with Crippen molar-refractivity contribution in [2.24, 2.45) is 0 Å². The van der Waals surface area contributed by atoms with E-state index in [4.69, 9.17) is 0 Å². The van der Waals surface area contributed by atoms with Gasteiger partial charge in [0.1, 0.15) is 11.6 Å². The number of anilines is 1. The SMILES string of the molecule is Cc1cc(C)nc(NCc2cc(F)ccc2F)n1. The minimum atomic E-state index is -0.463. The number of nitrogens with one attached hydrogen (secondary N) is 1. The Kier molecular flexibility index (Phi) is 3.50. The van der Waals surface area contributed by atoms with Crippen molar-refractivity contribution in [2.75, 3.05) is 5.32 Å². The van der Waals surface area contributed by atoms with Gasteiger partial charge in [-0.2, -0.15) is 0 Å². The van der Waals surface area contributed by atoms with Gasteiger partial charge in [-0.3, -0.25) is 0 Å². The molecular weight excluding hydrogens is 236 g/mol. The highest BCUT2D eigenvalue weighted by Gasteiger charge is 2.05. The van der Waals surface area contributed by atoms with Crippen LogP contribution >= 0.6 is 0 Å². The van der Waals surface area contributed by atoms with Crippen LogP contribution < -0.4 is 5.32 Å². The third kappa shape index (κ3) is 3.00. The van der Waals surface area contributed by atoms with Crippen LogP contribution in [-0.4, -0.2) is 9.97 Å². The summed E-state index contributed by atoms with van der Waals surface area (Å²) in [7, 11) is 0. The van der Waals surface area contributed by atoms with Crippen LogP contribution in [0.2, 0.25) is 0 Å². The standard InChI is InChI=1S/C13H13F2N3/c1-8-5-9(2)18-13(17-8)16-7-10-6-11(14)3-4-12(10)15/h3-6H,7H2,1-2H3,(H,16,17,18). The van der Waals surface area contributed by atoms with Crippen molar-refractivity contribution in [3.63, 3.8) is 0 Å². The van der Waals surface area contributed by atoms with Crippen LogP contribution in [0.4, 0.5) is 14.7 Å². The number of benzene rings is 1. The lowest BCUT2D eigenvalue weighted by molar-refractivity contribution is 0.587. The third-order valence-electron chi connectivity index (χ3n) is 2.43. The van der Waals surface area contributed by atoms with Crippen molar-refractivity contribution in [1.29, 1.82) is 0 Å². The number of aryl methyl sites for hydroxylation is 2. The molecule has 94 valence electrons. The Morgan fingerprint density at radius 3 is 2.39 bits per heavy atom. The van der Waals surface area contributed by atoms with E-state index in [9.17, 15) is 8.78 Å². The molecule has 18 heavy (non-hydrogen) atoms. The van der Waals surface area contributed by atoms with Crippen LogP contribution in [0.5, 0.6) is 0 Å². The summed E-state index contributed by atoms with van der Waals surface area (Å²) < 4.78 is 26.4. The first-order valence-electron chi connectivity index (χ1n) is 5.54. The largest absolute Gasteiger partial charge is 0.350 e. The van der Waals surface area contributed by atoms with Gasteiger partial charge in [0.15, 0.2) is 0 Å². The summed E-state index contributed by atoms with van der Waals surface area (Å²) in [5.74, 6) is -0.501. The van der Waals surface area contributed by atoms with E-state index in [-0.39, 0.29) is 12.1 Å². The molecule has 2 aromatic rings. The fourth-order valence-corrected chi connectivity index (χ4v) is 1.66. The Labute approximate surface area is 104 Å². The van der Waals surface area contributed by atoms with Crippen LogP contribution in [-0.2, 0) is 6.54 Å². The maximum absolute atomic E-state index is 13.4. The fraction of sp³-hybridized carbons (Fsp3) is 0.231. The lowest BCUT2D eigenvalue weighted by atomic mass is 10.2. The highest BCUT2D eigenvalue weighted by atomic mass is 19.1. The van der Waals surface area contributed by atoms with Gasteiger partial charge in [0.05, 0.1) is 0 Å². The van der Waals surface area contributed by atoms with Gasteiger partial charge in [0.25, 0.3) is 0 Å². The first-order chi connectivity index (χ1) is 8.54. The van der Waals surface area contributed by atoms with Gasteiger partial charge in [-0.05, 0) is 38.1 Å². The van der Waals surface area contributed by atoms with E-state index in [0.29, 0.717) is 5.95 Å². The number of rotatable bonds is 3. The predicted molar refractivity (Wildman–Crippen MR) is 65.2 cm³/mol. The van der Waals surface area contributed by atoms with Gasteiger partial charge in [-0.25, -0.2) is 18.7 Å². The zero-order chi connectivity index (χ0) is 13.1. The van der Waals surface area contributed by atoms with Gasteiger partial charge in [-0.15, -0.1) is 0 Å².